The second kappa shape index (κ2) is 7.34. The predicted molar refractivity (Wildman–Crippen MR) is 110 cm³/mol. The number of carbonyl (C=O) groups is 1. The zero-order valence-corrected chi connectivity index (χ0v) is 17.2. The molecule has 2 aromatic carbocycles. The molecule has 0 fully saturated rings. The van der Waals surface area contributed by atoms with E-state index in [1.54, 1.807) is 6.08 Å². The number of hydrogen-bond acceptors (Lipinski definition) is 2. The molecule has 0 radical (unpaired) electrons. The monoisotopic (exact) mass is 364 g/mol. The van der Waals surface area contributed by atoms with Crippen LogP contribution in [0.2, 0.25) is 5.04 Å². The third-order valence-corrected chi connectivity index (χ3v) is 10.3. The zero-order chi connectivity index (χ0) is 18.8. The molecule has 0 saturated heterocycles. The molecule has 1 atom stereocenters. The standard InChI is InChI=1S/C23H28O2Si/c1-18-17-19(24)15-16-22(18)25-26(23(2,3)4,20-11-7-5-8-12-20)21-13-9-6-10-14-21/h5-14,17,22H,15-16H2,1-4H3. The molecule has 0 aliphatic heterocycles. The molecule has 26 heavy (non-hydrogen) atoms. The van der Waals surface area contributed by atoms with Crippen molar-refractivity contribution in [3.63, 3.8) is 0 Å². The Morgan fingerprint density at radius 2 is 1.42 bits per heavy atom. The molecule has 1 aliphatic rings. The van der Waals surface area contributed by atoms with Crippen LogP contribution in [0.1, 0.15) is 40.5 Å². The fourth-order valence-corrected chi connectivity index (χ4v) is 8.72. The van der Waals surface area contributed by atoms with Gasteiger partial charge in [0.2, 0.25) is 0 Å². The summed E-state index contributed by atoms with van der Waals surface area (Å²) in [5.74, 6) is 0.213. The van der Waals surface area contributed by atoms with Crippen molar-refractivity contribution in [1.82, 2.24) is 0 Å². The summed E-state index contributed by atoms with van der Waals surface area (Å²) in [6, 6.07) is 21.3. The molecular weight excluding hydrogens is 336 g/mol. The number of allylic oxidation sites excluding steroid dienone is 1. The lowest BCUT2D eigenvalue weighted by Gasteiger charge is -2.45. The molecule has 0 saturated carbocycles. The van der Waals surface area contributed by atoms with Crippen LogP contribution in [0.15, 0.2) is 72.3 Å². The number of hydrogen-bond donors (Lipinski definition) is 0. The van der Waals surface area contributed by atoms with E-state index in [-0.39, 0.29) is 16.9 Å². The minimum Gasteiger partial charge on any atom is -0.401 e. The van der Waals surface area contributed by atoms with E-state index >= 15 is 0 Å². The Kier molecular flexibility index (Phi) is 5.31. The van der Waals surface area contributed by atoms with Crippen molar-refractivity contribution in [2.75, 3.05) is 0 Å². The summed E-state index contributed by atoms with van der Waals surface area (Å²) in [7, 11) is -2.55. The zero-order valence-electron chi connectivity index (χ0n) is 16.2. The molecule has 136 valence electrons. The Labute approximate surface area is 158 Å². The van der Waals surface area contributed by atoms with Gasteiger partial charge in [-0.2, -0.15) is 0 Å². The van der Waals surface area contributed by atoms with Crippen LogP contribution < -0.4 is 10.4 Å². The van der Waals surface area contributed by atoms with Crippen molar-refractivity contribution < 1.29 is 9.22 Å². The molecule has 0 N–H and O–H groups in total. The van der Waals surface area contributed by atoms with Crippen LogP contribution in [-0.2, 0) is 9.22 Å². The molecule has 2 aromatic rings. The average molecular weight is 365 g/mol. The smallest absolute Gasteiger partial charge is 0.261 e. The van der Waals surface area contributed by atoms with E-state index < -0.39 is 8.32 Å². The molecule has 2 nitrogen and oxygen atoms in total. The lowest BCUT2D eigenvalue weighted by atomic mass is 9.97. The van der Waals surface area contributed by atoms with Crippen LogP contribution in [-0.4, -0.2) is 20.2 Å². The van der Waals surface area contributed by atoms with Gasteiger partial charge < -0.3 is 4.43 Å². The number of carbonyl (C=O) groups excluding carboxylic acids is 1. The van der Waals surface area contributed by atoms with Crippen LogP contribution >= 0.6 is 0 Å². The molecule has 0 bridgehead atoms. The van der Waals surface area contributed by atoms with E-state index in [4.69, 9.17) is 4.43 Å². The molecule has 0 amide bonds. The van der Waals surface area contributed by atoms with E-state index in [2.05, 4.69) is 81.4 Å². The van der Waals surface area contributed by atoms with Gasteiger partial charge in [-0.15, -0.1) is 0 Å². The van der Waals surface area contributed by atoms with Crippen molar-refractivity contribution in [3.8, 4) is 0 Å². The topological polar surface area (TPSA) is 26.3 Å². The van der Waals surface area contributed by atoms with Crippen LogP contribution in [0.5, 0.6) is 0 Å². The third kappa shape index (κ3) is 3.46. The lowest BCUT2D eigenvalue weighted by molar-refractivity contribution is -0.115. The summed E-state index contributed by atoms with van der Waals surface area (Å²) in [5.41, 5.74) is 1.05. The van der Waals surface area contributed by atoms with E-state index in [1.165, 1.54) is 10.4 Å². The number of benzene rings is 2. The second-order valence-corrected chi connectivity index (χ2v) is 12.4. The van der Waals surface area contributed by atoms with E-state index in [0.29, 0.717) is 6.42 Å². The van der Waals surface area contributed by atoms with Crippen molar-refractivity contribution >= 4 is 24.5 Å². The molecule has 3 rings (SSSR count). The number of rotatable bonds is 4. The fourth-order valence-electron chi connectivity index (χ4n) is 3.98. The van der Waals surface area contributed by atoms with Gasteiger partial charge in [0.1, 0.15) is 0 Å². The third-order valence-electron chi connectivity index (χ3n) is 5.29. The van der Waals surface area contributed by atoms with E-state index in [1.807, 2.05) is 6.92 Å². The van der Waals surface area contributed by atoms with Crippen molar-refractivity contribution in [1.29, 1.82) is 0 Å². The summed E-state index contributed by atoms with van der Waals surface area (Å²) in [6.07, 6.45) is 3.11. The predicted octanol–water partition coefficient (Wildman–Crippen LogP) is 4.24. The first-order valence-corrected chi connectivity index (χ1v) is 11.3. The Balaban J connectivity index is 2.18. The number of ketones is 1. The summed E-state index contributed by atoms with van der Waals surface area (Å²) in [4.78, 5) is 11.8. The molecule has 1 aliphatic carbocycles. The first kappa shape index (κ1) is 18.8. The van der Waals surface area contributed by atoms with Crippen molar-refractivity contribution in [3.05, 3.63) is 72.3 Å². The second-order valence-electron chi connectivity index (χ2n) is 8.16. The summed E-state index contributed by atoms with van der Waals surface area (Å²) in [6.45, 7) is 8.88. The minimum atomic E-state index is -2.55. The molecule has 0 heterocycles. The largest absolute Gasteiger partial charge is 0.401 e. The maximum absolute atomic E-state index is 11.8. The molecule has 3 heteroatoms. The SMILES string of the molecule is CC1=CC(=O)CCC1O[Si](c1ccccc1)(c1ccccc1)C(C)(C)C. The highest BCUT2D eigenvalue weighted by atomic mass is 28.4. The van der Waals surface area contributed by atoms with Crippen molar-refractivity contribution in [2.24, 2.45) is 0 Å². The molecule has 0 aromatic heterocycles. The van der Waals surface area contributed by atoms with Gasteiger partial charge in [0.15, 0.2) is 5.78 Å². The van der Waals surface area contributed by atoms with Gasteiger partial charge in [-0.05, 0) is 40.4 Å². The molecule has 1 unspecified atom stereocenters. The van der Waals surface area contributed by atoms with Gasteiger partial charge in [0.25, 0.3) is 8.32 Å². The highest BCUT2D eigenvalue weighted by Gasteiger charge is 2.51. The highest BCUT2D eigenvalue weighted by molar-refractivity contribution is 6.99. The normalized spacial score (nSPS) is 18.5. The van der Waals surface area contributed by atoms with Crippen LogP contribution in [0.25, 0.3) is 0 Å². The summed E-state index contributed by atoms with van der Waals surface area (Å²) in [5, 5.41) is 2.52. The van der Waals surface area contributed by atoms with Gasteiger partial charge in [-0.3, -0.25) is 4.79 Å². The van der Waals surface area contributed by atoms with Gasteiger partial charge in [0, 0.05) is 6.42 Å². The molecular formula is C23H28O2Si. The Morgan fingerprint density at radius 3 is 1.85 bits per heavy atom. The van der Waals surface area contributed by atoms with Crippen molar-refractivity contribution in [2.45, 2.75) is 51.7 Å². The minimum absolute atomic E-state index is 0.000922. The fraction of sp³-hybridized carbons (Fsp3) is 0.348. The van der Waals surface area contributed by atoms with Gasteiger partial charge in [-0.25, -0.2) is 0 Å². The first-order valence-electron chi connectivity index (χ1n) is 9.34. The van der Waals surface area contributed by atoms with Gasteiger partial charge in [0.05, 0.1) is 6.10 Å². The Morgan fingerprint density at radius 1 is 0.923 bits per heavy atom. The summed E-state index contributed by atoms with van der Waals surface area (Å²) >= 11 is 0. The van der Waals surface area contributed by atoms with Crippen LogP contribution in [0.3, 0.4) is 0 Å². The van der Waals surface area contributed by atoms with Gasteiger partial charge >= 0.3 is 0 Å². The Bertz CT molecular complexity index is 748. The lowest BCUT2D eigenvalue weighted by Crippen LogP contribution is -2.67. The maximum atomic E-state index is 11.8. The Hall–Kier alpha value is -1.97. The average Bonchev–Trinajstić information content (AvgIpc) is 2.62. The molecule has 0 spiro atoms. The maximum Gasteiger partial charge on any atom is 0.261 e. The first-order chi connectivity index (χ1) is 12.3. The van der Waals surface area contributed by atoms with Gasteiger partial charge in [-0.1, -0.05) is 81.4 Å². The quantitative estimate of drug-likeness (QED) is 0.759. The van der Waals surface area contributed by atoms with Crippen LogP contribution in [0.4, 0.5) is 0 Å². The highest BCUT2D eigenvalue weighted by Crippen LogP contribution is 2.39. The van der Waals surface area contributed by atoms with E-state index in [9.17, 15) is 4.79 Å². The van der Waals surface area contributed by atoms with Crippen LogP contribution in [0, 0.1) is 0 Å². The van der Waals surface area contributed by atoms with E-state index in [0.717, 1.165) is 12.0 Å². The summed E-state index contributed by atoms with van der Waals surface area (Å²) < 4.78 is 7.09.